The fraction of sp³-hybridized carbons (Fsp3) is 0.292. The molecule has 1 aromatic carbocycles. The molecular weight excluding hydrogens is 470 g/mol. The molecule has 11 heteroatoms. The Kier molecular flexibility index (Phi) is 5.13. The summed E-state index contributed by atoms with van der Waals surface area (Å²) in [5.74, 6) is 0.654. The summed E-state index contributed by atoms with van der Waals surface area (Å²) < 4.78 is 37.5. The maximum absolute atomic E-state index is 12.6. The number of aryl methyl sites for hydroxylation is 1. The number of primary amides is 1. The lowest BCUT2D eigenvalue weighted by Crippen LogP contribution is -2.46. The van der Waals surface area contributed by atoms with E-state index in [9.17, 15) is 13.2 Å². The number of benzene rings is 1. The number of nitrogens with zero attached hydrogens (tertiary/aromatic N) is 3. The first kappa shape index (κ1) is 22.9. The van der Waals surface area contributed by atoms with Crippen molar-refractivity contribution in [2.24, 2.45) is 5.73 Å². The zero-order chi connectivity index (χ0) is 25.1. The predicted octanol–water partition coefficient (Wildman–Crippen LogP) is 2.76. The number of hydrogen-bond donors (Lipinski definition) is 2. The molecule has 0 saturated carbocycles. The van der Waals surface area contributed by atoms with Crippen molar-refractivity contribution in [1.82, 2.24) is 9.97 Å². The summed E-state index contributed by atoms with van der Waals surface area (Å²) in [6.45, 7) is 5.76. The predicted molar refractivity (Wildman–Crippen MR) is 132 cm³/mol. The minimum atomic E-state index is -3.51. The molecule has 182 valence electrons. The van der Waals surface area contributed by atoms with Crippen LogP contribution in [0.4, 0.5) is 17.2 Å². The van der Waals surface area contributed by atoms with Crippen LogP contribution in [0.2, 0.25) is 0 Å². The summed E-state index contributed by atoms with van der Waals surface area (Å²) in [4.78, 5) is 21.7. The number of nitrogens with one attached hydrogen (secondary N) is 1. The SMILES string of the molecule is Cc1nc(Nc2cnc3c(c2)N(S(C)(=O)=O)CCO3)c(C)c2c1-c1ccccc1OC2(C)C(N)=O. The van der Waals surface area contributed by atoms with Crippen molar-refractivity contribution in [3.05, 3.63) is 53.3 Å². The number of para-hydroxylation sites is 1. The second-order valence-electron chi connectivity index (χ2n) is 8.77. The number of fused-ring (bicyclic) bond motifs is 4. The van der Waals surface area contributed by atoms with E-state index in [4.69, 9.17) is 20.2 Å². The average molecular weight is 496 g/mol. The number of carbonyl (C=O) groups is 1. The summed E-state index contributed by atoms with van der Waals surface area (Å²) in [6, 6.07) is 9.10. The number of nitrogens with two attached hydrogens (primary N) is 1. The number of ether oxygens (including phenoxy) is 2. The van der Waals surface area contributed by atoms with Crippen LogP contribution in [-0.2, 0) is 20.4 Å². The summed E-state index contributed by atoms with van der Waals surface area (Å²) in [5, 5.41) is 3.23. The Morgan fingerprint density at radius 2 is 2.00 bits per heavy atom. The molecular formula is C24H25N5O5S. The van der Waals surface area contributed by atoms with E-state index in [0.717, 1.165) is 17.4 Å². The maximum Gasteiger partial charge on any atom is 0.266 e. The van der Waals surface area contributed by atoms with E-state index in [-0.39, 0.29) is 19.0 Å². The molecule has 1 atom stereocenters. The van der Waals surface area contributed by atoms with E-state index >= 15 is 0 Å². The molecule has 0 aliphatic carbocycles. The largest absolute Gasteiger partial charge is 0.474 e. The highest BCUT2D eigenvalue weighted by molar-refractivity contribution is 7.92. The van der Waals surface area contributed by atoms with Crippen molar-refractivity contribution in [2.45, 2.75) is 26.4 Å². The highest BCUT2D eigenvalue weighted by atomic mass is 32.2. The fourth-order valence-electron chi connectivity index (χ4n) is 4.67. The van der Waals surface area contributed by atoms with E-state index in [0.29, 0.717) is 39.8 Å². The van der Waals surface area contributed by atoms with Gasteiger partial charge in [-0.1, -0.05) is 18.2 Å². The van der Waals surface area contributed by atoms with E-state index < -0.39 is 21.5 Å². The van der Waals surface area contributed by atoms with E-state index in [1.165, 1.54) is 4.31 Å². The monoisotopic (exact) mass is 495 g/mol. The molecule has 0 saturated heterocycles. The standard InChI is InChI=1S/C24H25N5O5S/c1-13-20-19(16-7-5-6-8-18(16)34-24(20,3)23(25)30)14(2)27-21(13)28-15-11-17-22(26-12-15)33-10-9-29(17)35(4,31)32/h5-8,11-12H,9-10H2,1-4H3,(H2,25,30)(H,27,28). The van der Waals surface area contributed by atoms with Crippen LogP contribution in [0.3, 0.4) is 0 Å². The van der Waals surface area contributed by atoms with Crippen LogP contribution >= 0.6 is 0 Å². The fourth-order valence-corrected chi connectivity index (χ4v) is 5.57. The molecule has 2 aromatic heterocycles. The molecule has 35 heavy (non-hydrogen) atoms. The third kappa shape index (κ3) is 3.63. The number of amides is 1. The van der Waals surface area contributed by atoms with Gasteiger partial charge in [-0.05, 0) is 32.9 Å². The van der Waals surface area contributed by atoms with E-state index in [2.05, 4.69) is 10.3 Å². The third-order valence-corrected chi connectivity index (χ3v) is 7.52. The zero-order valence-corrected chi connectivity index (χ0v) is 20.6. The van der Waals surface area contributed by atoms with Crippen LogP contribution in [0, 0.1) is 13.8 Å². The van der Waals surface area contributed by atoms with Gasteiger partial charge in [0.15, 0.2) is 0 Å². The van der Waals surface area contributed by atoms with Gasteiger partial charge < -0.3 is 20.5 Å². The molecule has 5 rings (SSSR count). The second kappa shape index (κ2) is 7.84. The number of pyridine rings is 2. The molecule has 1 unspecified atom stereocenters. The number of anilines is 3. The third-order valence-electron chi connectivity index (χ3n) is 6.34. The Bertz CT molecular complexity index is 1490. The molecule has 4 heterocycles. The Morgan fingerprint density at radius 1 is 1.26 bits per heavy atom. The average Bonchev–Trinajstić information content (AvgIpc) is 2.80. The first-order valence-electron chi connectivity index (χ1n) is 11.0. The van der Waals surface area contributed by atoms with Gasteiger partial charge in [0.2, 0.25) is 21.5 Å². The van der Waals surface area contributed by atoms with Gasteiger partial charge in [-0.3, -0.25) is 9.10 Å². The van der Waals surface area contributed by atoms with Crippen molar-refractivity contribution < 1.29 is 22.7 Å². The van der Waals surface area contributed by atoms with E-state index in [1.807, 2.05) is 32.0 Å². The lowest BCUT2D eigenvalue weighted by atomic mass is 9.81. The molecule has 10 nitrogen and oxygen atoms in total. The molecule has 0 spiro atoms. The molecule has 0 radical (unpaired) electrons. The molecule has 1 amide bonds. The van der Waals surface area contributed by atoms with Gasteiger partial charge in [-0.15, -0.1) is 0 Å². The van der Waals surface area contributed by atoms with Gasteiger partial charge in [-0.2, -0.15) is 0 Å². The van der Waals surface area contributed by atoms with Crippen molar-refractivity contribution in [3.63, 3.8) is 0 Å². The van der Waals surface area contributed by atoms with E-state index in [1.54, 1.807) is 25.3 Å². The highest BCUT2D eigenvalue weighted by Gasteiger charge is 2.44. The van der Waals surface area contributed by atoms with Crippen molar-refractivity contribution in [3.8, 4) is 22.8 Å². The molecule has 0 bridgehead atoms. The first-order valence-corrected chi connectivity index (χ1v) is 12.8. The van der Waals surface area contributed by atoms with Crippen molar-refractivity contribution in [1.29, 1.82) is 0 Å². The lowest BCUT2D eigenvalue weighted by Gasteiger charge is -2.37. The van der Waals surface area contributed by atoms with Crippen LogP contribution in [0.15, 0.2) is 36.5 Å². The first-order chi connectivity index (χ1) is 16.5. The zero-order valence-electron chi connectivity index (χ0n) is 19.7. The Morgan fingerprint density at radius 3 is 2.71 bits per heavy atom. The molecule has 2 aliphatic heterocycles. The number of rotatable bonds is 4. The topological polar surface area (TPSA) is 137 Å². The minimum Gasteiger partial charge on any atom is -0.474 e. The Balaban J connectivity index is 1.64. The van der Waals surface area contributed by atoms with Crippen LogP contribution in [0.1, 0.15) is 23.7 Å². The van der Waals surface area contributed by atoms with Crippen LogP contribution in [-0.4, -0.2) is 43.7 Å². The lowest BCUT2D eigenvalue weighted by molar-refractivity contribution is -0.133. The van der Waals surface area contributed by atoms with Gasteiger partial charge in [0.25, 0.3) is 5.91 Å². The number of sulfonamides is 1. The molecule has 3 N–H and O–H groups in total. The second-order valence-corrected chi connectivity index (χ2v) is 10.7. The van der Waals surface area contributed by atoms with Crippen LogP contribution in [0.25, 0.3) is 11.1 Å². The minimum absolute atomic E-state index is 0.194. The molecule has 3 aromatic rings. The number of carbonyl (C=O) groups excluding carboxylic acids is 1. The summed E-state index contributed by atoms with van der Waals surface area (Å²) in [6.07, 6.45) is 2.68. The van der Waals surface area contributed by atoms with Gasteiger partial charge in [0, 0.05) is 27.9 Å². The highest BCUT2D eigenvalue weighted by Crippen LogP contribution is 2.49. The Labute approximate surface area is 203 Å². The normalized spacial score (nSPS) is 18.5. The van der Waals surface area contributed by atoms with Gasteiger partial charge >= 0.3 is 0 Å². The summed E-state index contributed by atoms with van der Waals surface area (Å²) >= 11 is 0. The summed E-state index contributed by atoms with van der Waals surface area (Å²) in [7, 11) is -3.51. The van der Waals surface area contributed by atoms with Crippen LogP contribution < -0.4 is 24.8 Å². The van der Waals surface area contributed by atoms with Crippen molar-refractivity contribution >= 4 is 33.1 Å². The van der Waals surface area contributed by atoms with Gasteiger partial charge in [0.1, 0.15) is 23.9 Å². The smallest absolute Gasteiger partial charge is 0.266 e. The van der Waals surface area contributed by atoms with Gasteiger partial charge in [-0.25, -0.2) is 18.4 Å². The van der Waals surface area contributed by atoms with Gasteiger partial charge in [0.05, 0.1) is 24.7 Å². The molecule has 0 fully saturated rings. The maximum atomic E-state index is 12.6. The summed E-state index contributed by atoms with van der Waals surface area (Å²) in [5.41, 5.74) is 8.90. The Hall–Kier alpha value is -3.86. The number of hydrogen-bond acceptors (Lipinski definition) is 8. The van der Waals surface area contributed by atoms with Crippen LogP contribution in [0.5, 0.6) is 11.6 Å². The van der Waals surface area contributed by atoms with Crippen molar-refractivity contribution in [2.75, 3.05) is 29.0 Å². The number of aromatic nitrogens is 2. The quantitative estimate of drug-likeness (QED) is 0.564. The molecule has 2 aliphatic rings.